The summed E-state index contributed by atoms with van der Waals surface area (Å²) in [4.78, 5) is 15.0. The molecule has 0 aliphatic carbocycles. The number of carbonyl (C=O) groups is 1. The summed E-state index contributed by atoms with van der Waals surface area (Å²) in [6.45, 7) is 1.70. The first kappa shape index (κ1) is 13.3. The SMILES string of the molecule is COC(=O)Cc1nc(I)c(C)cc1C(F)F. The average molecular weight is 341 g/mol. The van der Waals surface area contributed by atoms with Crippen LogP contribution in [0.4, 0.5) is 8.78 Å². The van der Waals surface area contributed by atoms with Gasteiger partial charge in [0.25, 0.3) is 6.43 Å². The number of pyridine rings is 1. The largest absolute Gasteiger partial charge is 0.469 e. The van der Waals surface area contributed by atoms with Gasteiger partial charge in [0, 0.05) is 5.56 Å². The lowest BCUT2D eigenvalue weighted by Crippen LogP contribution is -2.10. The molecule has 16 heavy (non-hydrogen) atoms. The topological polar surface area (TPSA) is 39.2 Å². The smallest absolute Gasteiger partial charge is 0.311 e. The number of ether oxygens (including phenoxy) is 1. The zero-order valence-corrected chi connectivity index (χ0v) is 10.9. The summed E-state index contributed by atoms with van der Waals surface area (Å²) in [5.74, 6) is -0.575. The molecule has 6 heteroatoms. The van der Waals surface area contributed by atoms with E-state index in [-0.39, 0.29) is 17.7 Å². The highest BCUT2D eigenvalue weighted by Gasteiger charge is 2.18. The molecule has 1 aromatic heterocycles. The number of esters is 1. The van der Waals surface area contributed by atoms with Crippen LogP contribution in [0, 0.1) is 10.6 Å². The Morgan fingerprint density at radius 1 is 1.62 bits per heavy atom. The predicted octanol–water partition coefficient (Wildman–Crippen LogP) is 2.65. The maximum Gasteiger partial charge on any atom is 0.311 e. The van der Waals surface area contributed by atoms with Gasteiger partial charge in [0.1, 0.15) is 3.70 Å². The standard InChI is InChI=1S/C10H10F2INO2/c1-5-3-6(9(11)12)7(14-10(5)13)4-8(15)16-2/h3,9H,4H2,1-2H3. The molecule has 0 radical (unpaired) electrons. The highest BCUT2D eigenvalue weighted by atomic mass is 127. The summed E-state index contributed by atoms with van der Waals surface area (Å²) in [6.07, 6.45) is -2.87. The van der Waals surface area contributed by atoms with Crippen LogP contribution < -0.4 is 0 Å². The monoisotopic (exact) mass is 341 g/mol. The van der Waals surface area contributed by atoms with Crippen molar-refractivity contribution >= 4 is 28.6 Å². The molecule has 0 aromatic carbocycles. The molecule has 3 nitrogen and oxygen atoms in total. The maximum atomic E-state index is 12.7. The zero-order valence-electron chi connectivity index (χ0n) is 8.76. The van der Waals surface area contributed by atoms with Gasteiger partial charge in [0.2, 0.25) is 0 Å². The second-order valence-corrected chi connectivity index (χ2v) is 4.21. The Balaban J connectivity index is 3.14. The highest BCUT2D eigenvalue weighted by Crippen LogP contribution is 2.25. The van der Waals surface area contributed by atoms with Crippen LogP contribution >= 0.6 is 22.6 Å². The first-order valence-corrected chi connectivity index (χ1v) is 5.54. The Morgan fingerprint density at radius 3 is 2.75 bits per heavy atom. The number of methoxy groups -OCH3 is 1. The second-order valence-electron chi connectivity index (χ2n) is 3.19. The minimum absolute atomic E-state index is 0.0804. The van der Waals surface area contributed by atoms with Crippen LogP contribution in [-0.2, 0) is 16.0 Å². The van der Waals surface area contributed by atoms with E-state index < -0.39 is 12.4 Å². The van der Waals surface area contributed by atoms with Gasteiger partial charge in [-0.2, -0.15) is 0 Å². The van der Waals surface area contributed by atoms with Crippen LogP contribution in [-0.4, -0.2) is 18.1 Å². The molecule has 0 unspecified atom stereocenters. The molecule has 0 aliphatic heterocycles. The number of rotatable bonds is 3. The summed E-state index contributed by atoms with van der Waals surface area (Å²) >= 11 is 1.94. The summed E-state index contributed by atoms with van der Waals surface area (Å²) < 4.78 is 30.4. The van der Waals surface area contributed by atoms with Crippen molar-refractivity contribution in [3.05, 3.63) is 26.6 Å². The molecule has 0 aliphatic rings. The third-order valence-electron chi connectivity index (χ3n) is 2.04. The van der Waals surface area contributed by atoms with E-state index in [4.69, 9.17) is 0 Å². The number of nitrogens with zero attached hydrogens (tertiary/aromatic N) is 1. The first-order chi connectivity index (χ1) is 7.45. The predicted molar refractivity (Wildman–Crippen MR) is 62.4 cm³/mol. The molecule has 0 bridgehead atoms. The average Bonchev–Trinajstić information content (AvgIpc) is 2.22. The third kappa shape index (κ3) is 3.10. The molecule has 1 heterocycles. The van der Waals surface area contributed by atoms with Gasteiger partial charge in [-0.15, -0.1) is 0 Å². The van der Waals surface area contributed by atoms with E-state index in [9.17, 15) is 13.6 Å². The summed E-state index contributed by atoms with van der Waals surface area (Å²) in [6, 6.07) is 1.36. The van der Waals surface area contributed by atoms with Gasteiger partial charge in [-0.1, -0.05) is 0 Å². The Kier molecular flexibility index (Phi) is 4.57. The molecule has 0 spiro atoms. The molecule has 0 saturated carbocycles. The van der Waals surface area contributed by atoms with Crippen LogP contribution in [0.1, 0.15) is 23.2 Å². The van der Waals surface area contributed by atoms with Crippen molar-refractivity contribution in [3.63, 3.8) is 0 Å². The van der Waals surface area contributed by atoms with Crippen LogP contribution in [0.25, 0.3) is 0 Å². The van der Waals surface area contributed by atoms with Crippen molar-refractivity contribution < 1.29 is 18.3 Å². The fraction of sp³-hybridized carbons (Fsp3) is 0.400. The van der Waals surface area contributed by atoms with Crippen LogP contribution in [0.15, 0.2) is 6.07 Å². The van der Waals surface area contributed by atoms with Gasteiger partial charge >= 0.3 is 5.97 Å². The second kappa shape index (κ2) is 5.51. The van der Waals surface area contributed by atoms with E-state index in [2.05, 4.69) is 9.72 Å². The van der Waals surface area contributed by atoms with Gasteiger partial charge in [0.15, 0.2) is 0 Å². The number of alkyl halides is 2. The normalized spacial score (nSPS) is 10.6. The van der Waals surface area contributed by atoms with E-state index in [0.717, 1.165) is 0 Å². The third-order valence-corrected chi connectivity index (χ3v) is 3.13. The summed E-state index contributed by atoms with van der Waals surface area (Å²) in [7, 11) is 1.21. The lowest BCUT2D eigenvalue weighted by atomic mass is 10.1. The molecule has 0 N–H and O–H groups in total. The maximum absolute atomic E-state index is 12.7. The Morgan fingerprint density at radius 2 is 2.25 bits per heavy atom. The molecule has 0 saturated heterocycles. The molecule has 1 rings (SSSR count). The van der Waals surface area contributed by atoms with Crippen molar-refractivity contribution in [1.29, 1.82) is 0 Å². The fourth-order valence-electron chi connectivity index (χ4n) is 1.19. The van der Waals surface area contributed by atoms with Crippen molar-refractivity contribution in [1.82, 2.24) is 4.98 Å². The number of halogens is 3. The Hall–Kier alpha value is -0.790. The summed E-state index contributed by atoms with van der Waals surface area (Å²) in [5.41, 5.74) is 0.546. The van der Waals surface area contributed by atoms with E-state index >= 15 is 0 Å². The molecule has 0 fully saturated rings. The minimum atomic E-state index is -2.64. The highest BCUT2D eigenvalue weighted by molar-refractivity contribution is 14.1. The summed E-state index contributed by atoms with van der Waals surface area (Å²) in [5, 5.41) is 0. The number of aryl methyl sites for hydroxylation is 1. The molecule has 1 aromatic rings. The van der Waals surface area contributed by atoms with E-state index in [1.54, 1.807) is 6.92 Å². The number of carbonyl (C=O) groups excluding carboxylic acids is 1. The number of hydrogen-bond donors (Lipinski definition) is 0. The molecule has 0 amide bonds. The van der Waals surface area contributed by atoms with Gasteiger partial charge in [-0.05, 0) is 41.1 Å². The van der Waals surface area contributed by atoms with E-state index in [1.807, 2.05) is 22.6 Å². The Labute approximate surface area is 105 Å². The van der Waals surface area contributed by atoms with Crippen molar-refractivity contribution in [2.24, 2.45) is 0 Å². The Bertz CT molecular complexity index is 410. The van der Waals surface area contributed by atoms with Crippen LogP contribution in [0.5, 0.6) is 0 Å². The van der Waals surface area contributed by atoms with E-state index in [1.165, 1.54) is 13.2 Å². The minimum Gasteiger partial charge on any atom is -0.469 e. The van der Waals surface area contributed by atoms with Gasteiger partial charge in [-0.3, -0.25) is 4.79 Å². The van der Waals surface area contributed by atoms with Crippen LogP contribution in [0.2, 0.25) is 0 Å². The van der Waals surface area contributed by atoms with Gasteiger partial charge in [-0.25, -0.2) is 13.8 Å². The van der Waals surface area contributed by atoms with Crippen molar-refractivity contribution in [2.45, 2.75) is 19.8 Å². The van der Waals surface area contributed by atoms with Crippen molar-refractivity contribution in [2.75, 3.05) is 7.11 Å². The first-order valence-electron chi connectivity index (χ1n) is 4.46. The molecule has 88 valence electrons. The zero-order chi connectivity index (χ0) is 12.3. The molecular formula is C10H10F2INO2. The van der Waals surface area contributed by atoms with Gasteiger partial charge in [0.05, 0.1) is 19.2 Å². The van der Waals surface area contributed by atoms with Crippen molar-refractivity contribution in [3.8, 4) is 0 Å². The lowest BCUT2D eigenvalue weighted by Gasteiger charge is -2.09. The molecular weight excluding hydrogens is 331 g/mol. The lowest BCUT2D eigenvalue weighted by molar-refractivity contribution is -0.139. The fourth-order valence-corrected chi connectivity index (χ4v) is 1.63. The van der Waals surface area contributed by atoms with Crippen LogP contribution in [0.3, 0.4) is 0 Å². The molecule has 0 atom stereocenters. The van der Waals surface area contributed by atoms with Gasteiger partial charge < -0.3 is 4.74 Å². The number of hydrogen-bond acceptors (Lipinski definition) is 3. The van der Waals surface area contributed by atoms with E-state index in [0.29, 0.717) is 9.26 Å². The quantitative estimate of drug-likeness (QED) is 0.482. The number of aromatic nitrogens is 1.